The normalized spacial score (nSPS) is 12.0. The van der Waals surface area contributed by atoms with Crippen molar-refractivity contribution in [3.8, 4) is 6.07 Å². The Balaban J connectivity index is 1.83. The van der Waals surface area contributed by atoms with Crippen molar-refractivity contribution >= 4 is 0 Å². The second-order valence-corrected chi connectivity index (χ2v) is 9.16. The predicted molar refractivity (Wildman–Crippen MR) is 136 cm³/mol. The van der Waals surface area contributed by atoms with E-state index in [0.717, 1.165) is 18.6 Å². The maximum absolute atomic E-state index is 9.00. The molecule has 0 aliphatic carbocycles. The molecule has 1 unspecified atom stereocenters. The first-order chi connectivity index (χ1) is 15.9. The van der Waals surface area contributed by atoms with Gasteiger partial charge in [-0.2, -0.15) is 5.26 Å². The summed E-state index contributed by atoms with van der Waals surface area (Å²) in [4.78, 5) is 0. The number of nitrogens with zero attached hydrogens (tertiary/aromatic N) is 1. The van der Waals surface area contributed by atoms with Gasteiger partial charge >= 0.3 is 0 Å². The van der Waals surface area contributed by atoms with E-state index >= 15 is 0 Å². The predicted octanol–water partition coefficient (Wildman–Crippen LogP) is 8.76. The van der Waals surface area contributed by atoms with E-state index in [1.54, 1.807) is 0 Å². The summed E-state index contributed by atoms with van der Waals surface area (Å²) in [6.45, 7) is 4.11. The summed E-state index contributed by atoms with van der Waals surface area (Å²) in [7, 11) is 0. The summed E-state index contributed by atoms with van der Waals surface area (Å²) in [6.07, 6.45) is 22.3. The maximum atomic E-state index is 9.00. The van der Waals surface area contributed by atoms with Crippen LogP contribution in [-0.4, -0.2) is 19.3 Å². The smallest absolute Gasteiger partial charge is 0.0942 e. The number of rotatable bonds is 23. The zero-order chi connectivity index (χ0) is 23.0. The quantitative estimate of drug-likeness (QED) is 0.159. The van der Waals surface area contributed by atoms with Gasteiger partial charge in [-0.25, -0.2) is 0 Å². The second-order valence-electron chi connectivity index (χ2n) is 9.16. The number of unbranched alkanes of at least 4 members (excludes halogenated alkanes) is 15. The molecule has 0 saturated carbocycles. The number of nitriles is 1. The van der Waals surface area contributed by atoms with Crippen molar-refractivity contribution in [2.75, 3.05) is 13.2 Å². The molecule has 182 valence electrons. The maximum Gasteiger partial charge on any atom is 0.0942 e. The van der Waals surface area contributed by atoms with Crippen LogP contribution < -0.4 is 0 Å². The molecule has 0 aromatic heterocycles. The van der Waals surface area contributed by atoms with E-state index in [1.807, 2.05) is 30.3 Å². The summed E-state index contributed by atoms with van der Waals surface area (Å²) in [5.41, 5.74) is 1.13. The minimum atomic E-state index is -0.138. The van der Waals surface area contributed by atoms with Crippen LogP contribution in [-0.2, 0) is 16.1 Å². The standard InChI is InChI=1S/C29H49NO2/c1-2-3-4-5-6-7-8-9-10-11-12-13-14-15-16-20-25-31-27-29(23-24-30)32-26-28-21-18-17-19-22-28/h17-19,21-22,29H,2-16,20,23,25-27H2,1H3. The highest BCUT2D eigenvalue weighted by molar-refractivity contribution is 5.13. The Morgan fingerprint density at radius 3 is 1.72 bits per heavy atom. The van der Waals surface area contributed by atoms with Crippen LogP contribution in [0, 0.1) is 11.3 Å². The van der Waals surface area contributed by atoms with Crippen LogP contribution in [0.5, 0.6) is 0 Å². The van der Waals surface area contributed by atoms with E-state index in [4.69, 9.17) is 14.7 Å². The fourth-order valence-electron chi connectivity index (χ4n) is 4.02. The molecule has 0 bridgehead atoms. The Bertz CT molecular complexity index is 540. The number of hydrogen-bond acceptors (Lipinski definition) is 3. The molecule has 1 atom stereocenters. The van der Waals surface area contributed by atoms with Crippen LogP contribution in [0.2, 0.25) is 0 Å². The molecule has 32 heavy (non-hydrogen) atoms. The van der Waals surface area contributed by atoms with Crippen LogP contribution in [0.1, 0.15) is 122 Å². The molecule has 0 saturated heterocycles. The van der Waals surface area contributed by atoms with Gasteiger partial charge in [-0.3, -0.25) is 0 Å². The second kappa shape index (κ2) is 22.8. The van der Waals surface area contributed by atoms with Crippen LogP contribution in [0.25, 0.3) is 0 Å². The van der Waals surface area contributed by atoms with Gasteiger partial charge in [0.15, 0.2) is 0 Å². The molecule has 1 aromatic carbocycles. The van der Waals surface area contributed by atoms with Crippen LogP contribution in [0.15, 0.2) is 30.3 Å². The van der Waals surface area contributed by atoms with Crippen molar-refractivity contribution in [1.29, 1.82) is 5.26 Å². The zero-order valence-electron chi connectivity index (χ0n) is 20.9. The molecule has 0 N–H and O–H groups in total. The highest BCUT2D eigenvalue weighted by atomic mass is 16.5. The van der Waals surface area contributed by atoms with E-state index in [9.17, 15) is 0 Å². The summed E-state index contributed by atoms with van der Waals surface area (Å²) in [5.74, 6) is 0. The highest BCUT2D eigenvalue weighted by Crippen LogP contribution is 2.14. The first kappa shape index (κ1) is 28.7. The van der Waals surface area contributed by atoms with Gasteiger partial charge in [-0.15, -0.1) is 0 Å². The zero-order valence-corrected chi connectivity index (χ0v) is 20.9. The fourth-order valence-corrected chi connectivity index (χ4v) is 4.02. The van der Waals surface area contributed by atoms with E-state index < -0.39 is 0 Å². The Morgan fingerprint density at radius 1 is 0.719 bits per heavy atom. The molecule has 0 heterocycles. The first-order valence-corrected chi connectivity index (χ1v) is 13.5. The van der Waals surface area contributed by atoms with Crippen molar-refractivity contribution in [1.82, 2.24) is 0 Å². The van der Waals surface area contributed by atoms with E-state index in [0.29, 0.717) is 19.6 Å². The number of ether oxygens (including phenoxy) is 2. The largest absolute Gasteiger partial charge is 0.379 e. The molecule has 3 heteroatoms. The van der Waals surface area contributed by atoms with E-state index in [2.05, 4.69) is 13.0 Å². The average molecular weight is 444 g/mol. The van der Waals surface area contributed by atoms with Gasteiger partial charge in [0.1, 0.15) is 0 Å². The Kier molecular flexibility index (Phi) is 20.4. The molecule has 0 radical (unpaired) electrons. The minimum Gasteiger partial charge on any atom is -0.379 e. The monoisotopic (exact) mass is 443 g/mol. The van der Waals surface area contributed by atoms with Gasteiger partial charge < -0.3 is 9.47 Å². The molecule has 0 aliphatic heterocycles. The molecule has 0 fully saturated rings. The molecular formula is C29H49NO2. The average Bonchev–Trinajstić information content (AvgIpc) is 2.82. The Hall–Kier alpha value is -1.37. The summed E-state index contributed by atoms with van der Waals surface area (Å²) < 4.78 is 11.6. The van der Waals surface area contributed by atoms with E-state index in [1.165, 1.54) is 96.3 Å². The third-order valence-corrected chi connectivity index (χ3v) is 6.09. The Labute approximate surface area is 198 Å². The first-order valence-electron chi connectivity index (χ1n) is 13.5. The third-order valence-electron chi connectivity index (χ3n) is 6.09. The minimum absolute atomic E-state index is 0.138. The molecule has 3 nitrogen and oxygen atoms in total. The molecule has 0 spiro atoms. The lowest BCUT2D eigenvalue weighted by Gasteiger charge is -2.15. The lowest BCUT2D eigenvalue weighted by atomic mass is 10.0. The summed E-state index contributed by atoms with van der Waals surface area (Å²) in [6, 6.07) is 12.3. The SMILES string of the molecule is CCCCCCCCCCCCCCCCCCOCC(CC#N)OCc1ccccc1. The van der Waals surface area contributed by atoms with Gasteiger partial charge in [-0.05, 0) is 12.0 Å². The van der Waals surface area contributed by atoms with Crippen LogP contribution >= 0.6 is 0 Å². The van der Waals surface area contributed by atoms with Gasteiger partial charge in [0.25, 0.3) is 0 Å². The molecule has 0 aliphatic rings. The van der Waals surface area contributed by atoms with Crippen LogP contribution in [0.4, 0.5) is 0 Å². The lowest BCUT2D eigenvalue weighted by molar-refractivity contribution is -0.0227. The molecule has 1 rings (SSSR count). The molecule has 1 aromatic rings. The lowest BCUT2D eigenvalue weighted by Crippen LogP contribution is -2.19. The topological polar surface area (TPSA) is 42.2 Å². The molecular weight excluding hydrogens is 394 g/mol. The highest BCUT2D eigenvalue weighted by Gasteiger charge is 2.09. The van der Waals surface area contributed by atoms with E-state index in [-0.39, 0.29) is 6.10 Å². The summed E-state index contributed by atoms with van der Waals surface area (Å²) >= 11 is 0. The fraction of sp³-hybridized carbons (Fsp3) is 0.759. The number of hydrogen-bond donors (Lipinski definition) is 0. The van der Waals surface area contributed by atoms with Gasteiger partial charge in [0, 0.05) is 6.61 Å². The van der Waals surface area contributed by atoms with Crippen molar-refractivity contribution in [3.05, 3.63) is 35.9 Å². The van der Waals surface area contributed by atoms with Crippen LogP contribution in [0.3, 0.4) is 0 Å². The van der Waals surface area contributed by atoms with Crippen molar-refractivity contribution in [2.45, 2.75) is 129 Å². The van der Waals surface area contributed by atoms with Crippen molar-refractivity contribution < 1.29 is 9.47 Å². The summed E-state index contributed by atoms with van der Waals surface area (Å²) in [5, 5.41) is 9.00. The van der Waals surface area contributed by atoms with Crippen molar-refractivity contribution in [2.24, 2.45) is 0 Å². The molecule has 0 amide bonds. The third kappa shape index (κ3) is 18.2. The van der Waals surface area contributed by atoms with Crippen molar-refractivity contribution in [3.63, 3.8) is 0 Å². The van der Waals surface area contributed by atoms with Gasteiger partial charge in [0.05, 0.1) is 31.8 Å². The van der Waals surface area contributed by atoms with Gasteiger partial charge in [0.2, 0.25) is 0 Å². The Morgan fingerprint density at radius 2 is 1.22 bits per heavy atom. The van der Waals surface area contributed by atoms with Gasteiger partial charge in [-0.1, -0.05) is 134 Å². The number of benzene rings is 1.